The largest absolute Gasteiger partial charge is 0.506 e. The van der Waals surface area contributed by atoms with Crippen LogP contribution in [0.4, 0.5) is 5.69 Å². The molecule has 0 spiro atoms. The molecule has 1 heterocycles. The van der Waals surface area contributed by atoms with Crippen molar-refractivity contribution in [3.63, 3.8) is 0 Å². The molecule has 0 unspecified atom stereocenters. The van der Waals surface area contributed by atoms with Crippen molar-refractivity contribution in [3.8, 4) is 17.2 Å². The molecule has 6 nitrogen and oxygen atoms in total. The lowest BCUT2D eigenvalue weighted by Gasteiger charge is -1.99. The normalized spacial score (nSPS) is 10.6. The van der Waals surface area contributed by atoms with Crippen molar-refractivity contribution in [3.05, 3.63) is 24.0 Å². The Bertz CT molecular complexity index is 510. The number of phenolic OH excluding ortho intramolecular Hbond substituents is 1. The average molecular weight is 235 g/mol. The Morgan fingerprint density at radius 3 is 3.00 bits per heavy atom. The van der Waals surface area contributed by atoms with E-state index in [1.54, 1.807) is 12.1 Å². The molecule has 0 saturated carbocycles. The van der Waals surface area contributed by atoms with Crippen LogP contribution in [0.2, 0.25) is 0 Å². The number of anilines is 1. The predicted molar refractivity (Wildman–Crippen MR) is 61.1 cm³/mol. The Balaban J connectivity index is 2.21. The molecule has 90 valence electrons. The number of aromatic nitrogens is 2. The zero-order valence-electron chi connectivity index (χ0n) is 9.38. The van der Waals surface area contributed by atoms with Crippen molar-refractivity contribution in [2.75, 3.05) is 12.3 Å². The minimum atomic E-state index is 0.0304. The van der Waals surface area contributed by atoms with E-state index in [0.29, 0.717) is 30.5 Å². The first-order valence-corrected chi connectivity index (χ1v) is 5.20. The van der Waals surface area contributed by atoms with E-state index < -0.39 is 0 Å². The third kappa shape index (κ3) is 2.54. The second kappa shape index (κ2) is 4.84. The summed E-state index contributed by atoms with van der Waals surface area (Å²) in [5.74, 6) is 0.864. The van der Waals surface area contributed by atoms with Crippen LogP contribution in [0.3, 0.4) is 0 Å². The topological polar surface area (TPSA) is 94.4 Å². The van der Waals surface area contributed by atoms with Gasteiger partial charge in [-0.2, -0.15) is 4.98 Å². The SMILES string of the molecule is CCOCc1noc(-c2ccc(O)c(N)c2)n1. The summed E-state index contributed by atoms with van der Waals surface area (Å²) in [6.07, 6.45) is 0. The molecule has 0 atom stereocenters. The van der Waals surface area contributed by atoms with Crippen LogP contribution >= 0.6 is 0 Å². The van der Waals surface area contributed by atoms with Crippen molar-refractivity contribution in [1.29, 1.82) is 0 Å². The molecule has 1 aromatic carbocycles. The van der Waals surface area contributed by atoms with E-state index in [-0.39, 0.29) is 11.4 Å². The molecule has 0 aliphatic carbocycles. The van der Waals surface area contributed by atoms with E-state index >= 15 is 0 Å². The fraction of sp³-hybridized carbons (Fsp3) is 0.273. The summed E-state index contributed by atoms with van der Waals surface area (Å²) in [5, 5.41) is 13.1. The third-order valence-electron chi connectivity index (χ3n) is 2.18. The molecule has 0 saturated heterocycles. The van der Waals surface area contributed by atoms with Crippen molar-refractivity contribution in [1.82, 2.24) is 10.1 Å². The monoisotopic (exact) mass is 235 g/mol. The van der Waals surface area contributed by atoms with E-state index in [1.807, 2.05) is 6.92 Å². The standard InChI is InChI=1S/C11H13N3O3/c1-2-16-6-10-13-11(17-14-10)7-3-4-9(15)8(12)5-7/h3-5,15H,2,6,12H2,1H3. The van der Waals surface area contributed by atoms with Gasteiger partial charge in [-0.1, -0.05) is 5.16 Å². The summed E-state index contributed by atoms with van der Waals surface area (Å²) in [6, 6.07) is 4.72. The lowest BCUT2D eigenvalue weighted by molar-refractivity contribution is 0.126. The molecule has 0 bridgehead atoms. The van der Waals surface area contributed by atoms with Crippen LogP contribution < -0.4 is 5.73 Å². The molecule has 0 amide bonds. The van der Waals surface area contributed by atoms with E-state index in [2.05, 4.69) is 10.1 Å². The Morgan fingerprint density at radius 1 is 1.47 bits per heavy atom. The minimum Gasteiger partial charge on any atom is -0.506 e. The second-order valence-corrected chi connectivity index (χ2v) is 3.43. The number of ether oxygens (including phenoxy) is 1. The van der Waals surface area contributed by atoms with Crippen LogP contribution in [0.25, 0.3) is 11.5 Å². The lowest BCUT2D eigenvalue weighted by Crippen LogP contribution is -1.93. The highest BCUT2D eigenvalue weighted by Gasteiger charge is 2.10. The molecule has 2 rings (SSSR count). The third-order valence-corrected chi connectivity index (χ3v) is 2.18. The highest BCUT2D eigenvalue weighted by Crippen LogP contribution is 2.26. The van der Waals surface area contributed by atoms with E-state index in [9.17, 15) is 5.11 Å². The van der Waals surface area contributed by atoms with Crippen LogP contribution in [0.1, 0.15) is 12.7 Å². The second-order valence-electron chi connectivity index (χ2n) is 3.43. The maximum atomic E-state index is 9.30. The van der Waals surface area contributed by atoms with Gasteiger partial charge >= 0.3 is 0 Å². The molecule has 0 aliphatic heterocycles. The molecule has 0 fully saturated rings. The molecule has 1 aromatic heterocycles. The van der Waals surface area contributed by atoms with Gasteiger partial charge in [-0.25, -0.2) is 0 Å². The number of nitrogen functional groups attached to an aromatic ring is 1. The number of hydrogen-bond donors (Lipinski definition) is 2. The first-order chi connectivity index (χ1) is 8.20. The Morgan fingerprint density at radius 2 is 2.29 bits per heavy atom. The molecule has 3 N–H and O–H groups in total. The van der Waals surface area contributed by atoms with Crippen molar-refractivity contribution in [2.24, 2.45) is 0 Å². The Labute approximate surface area is 98.0 Å². The summed E-state index contributed by atoms with van der Waals surface area (Å²) in [7, 11) is 0. The van der Waals surface area contributed by atoms with E-state index in [0.717, 1.165) is 0 Å². The number of hydrogen-bond acceptors (Lipinski definition) is 6. The molecule has 17 heavy (non-hydrogen) atoms. The van der Waals surface area contributed by atoms with Gasteiger partial charge in [0.05, 0.1) is 5.69 Å². The van der Waals surface area contributed by atoms with Gasteiger partial charge in [-0.3, -0.25) is 0 Å². The Kier molecular flexibility index (Phi) is 3.24. The number of rotatable bonds is 4. The molecular formula is C11H13N3O3. The van der Waals surface area contributed by atoms with Crippen LogP contribution in [-0.4, -0.2) is 21.9 Å². The molecule has 2 aromatic rings. The van der Waals surface area contributed by atoms with E-state index in [4.69, 9.17) is 15.0 Å². The fourth-order valence-corrected chi connectivity index (χ4v) is 1.31. The van der Waals surface area contributed by atoms with Gasteiger partial charge in [0.25, 0.3) is 5.89 Å². The zero-order valence-corrected chi connectivity index (χ0v) is 9.38. The lowest BCUT2D eigenvalue weighted by atomic mass is 10.2. The van der Waals surface area contributed by atoms with Gasteiger partial charge in [-0.15, -0.1) is 0 Å². The molecule has 0 aliphatic rings. The van der Waals surface area contributed by atoms with Crippen LogP contribution in [-0.2, 0) is 11.3 Å². The number of benzene rings is 1. The van der Waals surface area contributed by atoms with Crippen LogP contribution in [0.5, 0.6) is 5.75 Å². The van der Waals surface area contributed by atoms with Gasteiger partial charge in [-0.05, 0) is 25.1 Å². The summed E-state index contributed by atoms with van der Waals surface area (Å²) in [5.41, 5.74) is 6.51. The average Bonchev–Trinajstić information content (AvgIpc) is 2.79. The number of nitrogens with two attached hydrogens (primary N) is 1. The maximum Gasteiger partial charge on any atom is 0.258 e. The van der Waals surface area contributed by atoms with Crippen LogP contribution in [0.15, 0.2) is 22.7 Å². The van der Waals surface area contributed by atoms with Crippen molar-refractivity contribution >= 4 is 5.69 Å². The summed E-state index contributed by atoms with van der Waals surface area (Å²) >= 11 is 0. The number of phenols is 1. The quantitative estimate of drug-likeness (QED) is 0.617. The van der Waals surface area contributed by atoms with Gasteiger partial charge in [0.1, 0.15) is 12.4 Å². The number of aromatic hydroxyl groups is 1. The van der Waals surface area contributed by atoms with Crippen molar-refractivity contribution in [2.45, 2.75) is 13.5 Å². The fourth-order valence-electron chi connectivity index (χ4n) is 1.31. The van der Waals surface area contributed by atoms with E-state index in [1.165, 1.54) is 6.07 Å². The highest BCUT2D eigenvalue weighted by molar-refractivity contribution is 5.64. The summed E-state index contributed by atoms with van der Waals surface area (Å²) in [4.78, 5) is 4.15. The molecular weight excluding hydrogens is 222 g/mol. The predicted octanol–water partition coefficient (Wildman–Crippen LogP) is 1.56. The number of nitrogens with zero attached hydrogens (tertiary/aromatic N) is 2. The summed E-state index contributed by atoms with van der Waals surface area (Å²) in [6.45, 7) is 2.80. The molecule has 0 radical (unpaired) electrons. The first kappa shape index (κ1) is 11.4. The Hall–Kier alpha value is -2.08. The van der Waals surface area contributed by atoms with Crippen LogP contribution in [0, 0.1) is 0 Å². The maximum absolute atomic E-state index is 9.30. The highest BCUT2D eigenvalue weighted by atomic mass is 16.5. The van der Waals surface area contributed by atoms with Gasteiger partial charge in [0.15, 0.2) is 5.82 Å². The van der Waals surface area contributed by atoms with Crippen molar-refractivity contribution < 1.29 is 14.4 Å². The zero-order chi connectivity index (χ0) is 12.3. The molecule has 6 heteroatoms. The summed E-state index contributed by atoms with van der Waals surface area (Å²) < 4.78 is 10.2. The van der Waals surface area contributed by atoms with Gasteiger partial charge in [0.2, 0.25) is 0 Å². The van der Waals surface area contributed by atoms with Gasteiger partial charge < -0.3 is 20.1 Å². The first-order valence-electron chi connectivity index (χ1n) is 5.20. The smallest absolute Gasteiger partial charge is 0.258 e. The minimum absolute atomic E-state index is 0.0304. The van der Waals surface area contributed by atoms with Gasteiger partial charge in [0, 0.05) is 12.2 Å².